The molecule has 1 atom stereocenters. The topological polar surface area (TPSA) is 92.5 Å². The van der Waals surface area contributed by atoms with E-state index in [-0.39, 0.29) is 17.7 Å². The lowest BCUT2D eigenvalue weighted by molar-refractivity contribution is -0.127. The van der Waals surface area contributed by atoms with Gasteiger partial charge in [-0.25, -0.2) is 13.6 Å². The Bertz CT molecular complexity index is 342. The molecule has 1 aliphatic rings. The summed E-state index contributed by atoms with van der Waals surface area (Å²) in [6.07, 6.45) is 1.55. The molecule has 1 fully saturated rings. The summed E-state index contributed by atoms with van der Waals surface area (Å²) in [6, 6.07) is 0.0869. The Hall–Kier alpha value is -0.660. The fourth-order valence-electron chi connectivity index (χ4n) is 1.74. The highest BCUT2D eigenvalue weighted by atomic mass is 32.2. The van der Waals surface area contributed by atoms with E-state index in [1.165, 1.54) is 0 Å². The number of amides is 1. The molecule has 3 N–H and O–H groups in total. The number of carbonyl (C=O) groups is 1. The van der Waals surface area contributed by atoms with Crippen LogP contribution >= 0.6 is 0 Å². The largest absolute Gasteiger partial charge is 0.341 e. The second-order valence-electron chi connectivity index (χ2n) is 4.17. The molecule has 7 heteroatoms. The average Bonchev–Trinajstić information content (AvgIpc) is 2.49. The molecular weight excluding hydrogens is 230 g/mol. The third kappa shape index (κ3) is 4.91. The van der Waals surface area contributed by atoms with Crippen molar-refractivity contribution in [3.63, 3.8) is 0 Å². The maximum absolute atomic E-state index is 11.3. The van der Waals surface area contributed by atoms with Crippen LogP contribution in [0.15, 0.2) is 0 Å². The first kappa shape index (κ1) is 13.4. The number of nitrogens with one attached hydrogen (secondary N) is 1. The van der Waals surface area contributed by atoms with Gasteiger partial charge in [-0.2, -0.15) is 0 Å². The molecule has 0 bridgehead atoms. The van der Waals surface area contributed by atoms with Crippen LogP contribution in [-0.2, 0) is 14.8 Å². The van der Waals surface area contributed by atoms with E-state index in [2.05, 4.69) is 5.32 Å². The van der Waals surface area contributed by atoms with Gasteiger partial charge in [-0.05, 0) is 13.3 Å². The molecule has 94 valence electrons. The fourth-order valence-corrected chi connectivity index (χ4v) is 2.14. The number of carbonyl (C=O) groups excluding carboxylic acids is 1. The van der Waals surface area contributed by atoms with Gasteiger partial charge >= 0.3 is 0 Å². The number of nitrogens with two attached hydrogens (primary N) is 1. The Labute approximate surface area is 96.2 Å². The van der Waals surface area contributed by atoms with Crippen molar-refractivity contribution in [2.75, 3.05) is 25.4 Å². The van der Waals surface area contributed by atoms with Crippen LogP contribution in [0.1, 0.15) is 19.8 Å². The molecule has 1 aliphatic heterocycles. The maximum Gasteiger partial charge on any atom is 0.222 e. The first-order valence-corrected chi connectivity index (χ1v) is 7.11. The molecule has 0 aromatic rings. The molecule has 1 saturated heterocycles. The Morgan fingerprint density at radius 1 is 1.56 bits per heavy atom. The second-order valence-corrected chi connectivity index (χ2v) is 5.90. The van der Waals surface area contributed by atoms with E-state index in [1.807, 2.05) is 6.92 Å². The van der Waals surface area contributed by atoms with Crippen LogP contribution in [0.2, 0.25) is 0 Å². The van der Waals surface area contributed by atoms with E-state index in [0.717, 1.165) is 13.0 Å². The summed E-state index contributed by atoms with van der Waals surface area (Å²) in [4.78, 5) is 13.1. The second kappa shape index (κ2) is 5.60. The van der Waals surface area contributed by atoms with Gasteiger partial charge in [0.15, 0.2) is 0 Å². The van der Waals surface area contributed by atoms with Crippen molar-refractivity contribution >= 4 is 15.9 Å². The van der Waals surface area contributed by atoms with E-state index >= 15 is 0 Å². The Morgan fingerprint density at radius 2 is 2.25 bits per heavy atom. The van der Waals surface area contributed by atoms with Gasteiger partial charge < -0.3 is 10.2 Å². The van der Waals surface area contributed by atoms with Crippen molar-refractivity contribution in [2.24, 2.45) is 5.14 Å². The van der Waals surface area contributed by atoms with Crippen LogP contribution in [0, 0.1) is 0 Å². The number of sulfonamides is 1. The van der Waals surface area contributed by atoms with Gasteiger partial charge in [-0.1, -0.05) is 0 Å². The first-order chi connectivity index (χ1) is 7.38. The molecule has 1 heterocycles. The summed E-state index contributed by atoms with van der Waals surface area (Å²) < 4.78 is 21.4. The minimum atomic E-state index is -3.40. The third-order valence-corrected chi connectivity index (χ3v) is 3.32. The summed E-state index contributed by atoms with van der Waals surface area (Å²) in [5.74, 6) is 0.103. The van der Waals surface area contributed by atoms with Crippen molar-refractivity contribution in [2.45, 2.75) is 25.8 Å². The summed E-state index contributed by atoms with van der Waals surface area (Å²) in [7, 11) is -3.40. The average molecular weight is 249 g/mol. The molecule has 0 radical (unpaired) electrons. The van der Waals surface area contributed by atoms with Crippen molar-refractivity contribution < 1.29 is 13.2 Å². The maximum atomic E-state index is 11.3. The van der Waals surface area contributed by atoms with Crippen LogP contribution in [0.3, 0.4) is 0 Å². The highest BCUT2D eigenvalue weighted by Crippen LogP contribution is 2.09. The number of nitrogens with zero attached hydrogens (tertiary/aromatic N) is 1. The quantitative estimate of drug-likeness (QED) is 0.623. The van der Waals surface area contributed by atoms with E-state index < -0.39 is 10.0 Å². The molecule has 0 aromatic carbocycles. The molecule has 1 amide bonds. The minimum absolute atomic E-state index is 0.0781. The van der Waals surface area contributed by atoms with Gasteiger partial charge in [0, 0.05) is 32.1 Å². The SMILES string of the molecule is CC(CN1CCCC1=O)NCCS(N)(=O)=O. The normalized spacial score (nSPS) is 19.1. The van der Waals surface area contributed by atoms with Crippen LogP contribution < -0.4 is 10.5 Å². The van der Waals surface area contributed by atoms with Gasteiger partial charge in [0.1, 0.15) is 0 Å². The van der Waals surface area contributed by atoms with Crippen LogP contribution in [0.25, 0.3) is 0 Å². The van der Waals surface area contributed by atoms with Gasteiger partial charge in [-0.3, -0.25) is 4.79 Å². The van der Waals surface area contributed by atoms with Crippen LogP contribution in [0.5, 0.6) is 0 Å². The van der Waals surface area contributed by atoms with Crippen LogP contribution in [-0.4, -0.2) is 50.7 Å². The Kier molecular flexibility index (Phi) is 4.69. The number of rotatable bonds is 6. The summed E-state index contributed by atoms with van der Waals surface area (Å²) in [5.41, 5.74) is 0. The lowest BCUT2D eigenvalue weighted by Gasteiger charge is -2.21. The van der Waals surface area contributed by atoms with Crippen molar-refractivity contribution in [1.29, 1.82) is 0 Å². The molecule has 0 aromatic heterocycles. The predicted octanol–water partition coefficient (Wildman–Crippen LogP) is -1.12. The zero-order valence-corrected chi connectivity index (χ0v) is 10.3. The lowest BCUT2D eigenvalue weighted by Crippen LogP contribution is -2.41. The van der Waals surface area contributed by atoms with Crippen molar-refractivity contribution in [3.05, 3.63) is 0 Å². The summed E-state index contributed by atoms with van der Waals surface area (Å²) >= 11 is 0. The van der Waals surface area contributed by atoms with E-state index in [0.29, 0.717) is 19.5 Å². The Morgan fingerprint density at radius 3 is 2.75 bits per heavy atom. The van der Waals surface area contributed by atoms with Crippen molar-refractivity contribution in [1.82, 2.24) is 10.2 Å². The molecule has 1 rings (SSSR count). The first-order valence-electron chi connectivity index (χ1n) is 5.40. The van der Waals surface area contributed by atoms with E-state index in [9.17, 15) is 13.2 Å². The Balaban J connectivity index is 2.20. The number of hydrogen-bond donors (Lipinski definition) is 2. The van der Waals surface area contributed by atoms with Crippen molar-refractivity contribution in [3.8, 4) is 0 Å². The number of likely N-dealkylation sites (tertiary alicyclic amines) is 1. The zero-order valence-electron chi connectivity index (χ0n) is 9.48. The van der Waals surface area contributed by atoms with E-state index in [1.54, 1.807) is 4.90 Å². The number of hydrogen-bond acceptors (Lipinski definition) is 4. The van der Waals surface area contributed by atoms with Gasteiger partial charge in [0.25, 0.3) is 0 Å². The number of primary sulfonamides is 1. The standard InChI is InChI=1S/C9H19N3O3S/c1-8(11-4-6-16(10,14)15)7-12-5-2-3-9(12)13/h8,11H,2-7H2,1H3,(H2,10,14,15). The molecule has 16 heavy (non-hydrogen) atoms. The molecule has 1 unspecified atom stereocenters. The minimum Gasteiger partial charge on any atom is -0.341 e. The summed E-state index contributed by atoms with van der Waals surface area (Å²) in [5, 5.41) is 7.91. The highest BCUT2D eigenvalue weighted by molar-refractivity contribution is 7.89. The monoisotopic (exact) mass is 249 g/mol. The van der Waals surface area contributed by atoms with Crippen LogP contribution in [0.4, 0.5) is 0 Å². The molecular formula is C9H19N3O3S. The molecule has 0 spiro atoms. The smallest absolute Gasteiger partial charge is 0.222 e. The molecule has 6 nitrogen and oxygen atoms in total. The lowest BCUT2D eigenvalue weighted by atomic mass is 10.3. The van der Waals surface area contributed by atoms with E-state index in [4.69, 9.17) is 5.14 Å². The highest BCUT2D eigenvalue weighted by Gasteiger charge is 2.21. The fraction of sp³-hybridized carbons (Fsp3) is 0.889. The van der Waals surface area contributed by atoms with Gasteiger partial charge in [0.2, 0.25) is 15.9 Å². The predicted molar refractivity (Wildman–Crippen MR) is 61.3 cm³/mol. The van der Waals surface area contributed by atoms with Gasteiger partial charge in [0.05, 0.1) is 5.75 Å². The molecule has 0 saturated carbocycles. The van der Waals surface area contributed by atoms with Gasteiger partial charge in [-0.15, -0.1) is 0 Å². The third-order valence-electron chi connectivity index (χ3n) is 2.55. The summed E-state index contributed by atoms with van der Waals surface area (Å²) in [6.45, 7) is 3.68. The zero-order chi connectivity index (χ0) is 12.2. The molecule has 0 aliphatic carbocycles.